The van der Waals surface area contributed by atoms with Crippen molar-refractivity contribution in [2.75, 3.05) is 18.4 Å². The van der Waals surface area contributed by atoms with Gasteiger partial charge in [-0.2, -0.15) is 0 Å². The van der Waals surface area contributed by atoms with Crippen LogP contribution in [0, 0.1) is 5.92 Å². The second-order valence-corrected chi connectivity index (χ2v) is 4.57. The highest BCUT2D eigenvalue weighted by atomic mass is 35.5. The largest absolute Gasteiger partial charge is 0.370 e. The topological polar surface area (TPSA) is 54.0 Å². The van der Waals surface area contributed by atoms with Gasteiger partial charge in [-0.3, -0.25) is 4.79 Å². The summed E-state index contributed by atoms with van der Waals surface area (Å²) in [6.07, 6.45) is 0. The molecule has 5 heteroatoms. The van der Waals surface area contributed by atoms with Crippen molar-refractivity contribution >= 4 is 23.3 Å². The Bertz CT molecular complexity index is 393. The molecule has 0 spiro atoms. The molecule has 2 N–H and O–H groups in total. The van der Waals surface area contributed by atoms with E-state index in [0.29, 0.717) is 23.3 Å². The molecule has 1 rings (SSSR count). The van der Waals surface area contributed by atoms with Gasteiger partial charge in [-0.1, -0.05) is 25.4 Å². The lowest BCUT2D eigenvalue weighted by molar-refractivity contribution is 0.0944. The lowest BCUT2D eigenvalue weighted by Gasteiger charge is -2.09. The Morgan fingerprint density at radius 3 is 2.76 bits per heavy atom. The number of nitrogens with one attached hydrogen (secondary N) is 2. The number of carbonyl (C=O) groups is 1. The monoisotopic (exact) mass is 255 g/mol. The maximum absolute atomic E-state index is 11.8. The maximum Gasteiger partial charge on any atom is 0.271 e. The minimum atomic E-state index is -0.233. The average molecular weight is 256 g/mol. The molecule has 0 radical (unpaired) electrons. The van der Waals surface area contributed by atoms with Crippen molar-refractivity contribution in [3.8, 4) is 0 Å². The van der Waals surface area contributed by atoms with Crippen LogP contribution in [0.1, 0.15) is 31.3 Å². The molecular weight excluding hydrogens is 238 g/mol. The van der Waals surface area contributed by atoms with E-state index in [9.17, 15) is 4.79 Å². The molecule has 0 aliphatic rings. The highest BCUT2D eigenvalue weighted by Crippen LogP contribution is 2.16. The molecule has 0 saturated carbocycles. The van der Waals surface area contributed by atoms with Crippen LogP contribution in [0.2, 0.25) is 5.02 Å². The van der Waals surface area contributed by atoms with E-state index in [-0.39, 0.29) is 11.6 Å². The molecule has 1 amide bonds. The van der Waals surface area contributed by atoms with E-state index >= 15 is 0 Å². The summed E-state index contributed by atoms with van der Waals surface area (Å²) in [5.74, 6) is 0.824. The van der Waals surface area contributed by atoms with Crippen LogP contribution in [-0.2, 0) is 0 Å². The van der Waals surface area contributed by atoms with Crippen molar-refractivity contribution in [3.63, 3.8) is 0 Å². The molecule has 0 saturated heterocycles. The third-order valence-corrected chi connectivity index (χ3v) is 2.39. The molecule has 0 aliphatic carbocycles. The van der Waals surface area contributed by atoms with Crippen LogP contribution < -0.4 is 10.6 Å². The number of hydrogen-bond donors (Lipinski definition) is 2. The third kappa shape index (κ3) is 4.23. The summed E-state index contributed by atoms with van der Waals surface area (Å²) in [6.45, 7) is 7.40. The summed E-state index contributed by atoms with van der Waals surface area (Å²) >= 11 is 5.96. The number of aromatic nitrogens is 1. The van der Waals surface area contributed by atoms with Crippen molar-refractivity contribution < 1.29 is 4.79 Å². The van der Waals surface area contributed by atoms with Crippen molar-refractivity contribution in [2.24, 2.45) is 5.92 Å². The summed E-state index contributed by atoms with van der Waals surface area (Å²) in [6, 6.07) is 3.43. The first-order valence-corrected chi connectivity index (χ1v) is 6.11. The van der Waals surface area contributed by atoms with Gasteiger partial charge in [0.25, 0.3) is 5.91 Å². The van der Waals surface area contributed by atoms with E-state index in [0.717, 1.165) is 6.54 Å². The molecule has 0 fully saturated rings. The molecule has 1 aromatic rings. The summed E-state index contributed by atoms with van der Waals surface area (Å²) < 4.78 is 0. The minimum Gasteiger partial charge on any atom is -0.370 e. The van der Waals surface area contributed by atoms with Crippen molar-refractivity contribution in [1.29, 1.82) is 0 Å². The zero-order valence-corrected chi connectivity index (χ0v) is 11.1. The standard InChI is InChI=1S/C12H18ClN3O/c1-4-14-10-6-5-9(13)11(16-10)12(17)15-7-8(2)3/h5-6,8H,4,7H2,1-3H3,(H,14,16)(H,15,17). The number of hydrogen-bond acceptors (Lipinski definition) is 3. The number of anilines is 1. The number of rotatable bonds is 5. The van der Waals surface area contributed by atoms with Crippen LogP contribution in [0.5, 0.6) is 0 Å². The van der Waals surface area contributed by atoms with Crippen molar-refractivity contribution in [2.45, 2.75) is 20.8 Å². The van der Waals surface area contributed by atoms with Gasteiger partial charge in [-0.05, 0) is 25.0 Å². The third-order valence-electron chi connectivity index (χ3n) is 2.09. The highest BCUT2D eigenvalue weighted by molar-refractivity contribution is 6.33. The zero-order valence-electron chi connectivity index (χ0n) is 10.4. The van der Waals surface area contributed by atoms with Crippen molar-refractivity contribution in [1.82, 2.24) is 10.3 Å². The molecule has 0 atom stereocenters. The number of pyridine rings is 1. The average Bonchev–Trinajstić information content (AvgIpc) is 2.29. The fourth-order valence-electron chi connectivity index (χ4n) is 1.26. The highest BCUT2D eigenvalue weighted by Gasteiger charge is 2.13. The van der Waals surface area contributed by atoms with Gasteiger partial charge in [0, 0.05) is 13.1 Å². The van der Waals surface area contributed by atoms with Crippen LogP contribution in [0.3, 0.4) is 0 Å². The minimum absolute atomic E-state index is 0.233. The van der Waals surface area contributed by atoms with E-state index in [4.69, 9.17) is 11.6 Å². The molecule has 17 heavy (non-hydrogen) atoms. The van der Waals surface area contributed by atoms with Crippen LogP contribution in [-0.4, -0.2) is 24.0 Å². The van der Waals surface area contributed by atoms with Crippen molar-refractivity contribution in [3.05, 3.63) is 22.8 Å². The van der Waals surface area contributed by atoms with Gasteiger partial charge in [0.2, 0.25) is 0 Å². The van der Waals surface area contributed by atoms with Gasteiger partial charge >= 0.3 is 0 Å². The summed E-state index contributed by atoms with van der Waals surface area (Å²) in [5.41, 5.74) is 0.269. The van der Waals surface area contributed by atoms with Gasteiger partial charge in [0.05, 0.1) is 5.02 Å². The van der Waals surface area contributed by atoms with E-state index in [2.05, 4.69) is 15.6 Å². The van der Waals surface area contributed by atoms with E-state index < -0.39 is 0 Å². The van der Waals surface area contributed by atoms with Crippen LogP contribution in [0.15, 0.2) is 12.1 Å². The lowest BCUT2D eigenvalue weighted by atomic mass is 10.2. The Morgan fingerprint density at radius 2 is 2.18 bits per heavy atom. The Labute approximate surface area is 107 Å². The zero-order chi connectivity index (χ0) is 12.8. The summed E-state index contributed by atoms with van der Waals surface area (Å²) in [7, 11) is 0. The van der Waals surface area contributed by atoms with Gasteiger partial charge in [0.15, 0.2) is 0 Å². The Morgan fingerprint density at radius 1 is 1.47 bits per heavy atom. The first-order chi connectivity index (χ1) is 8.04. The molecule has 1 aromatic heterocycles. The maximum atomic E-state index is 11.8. The number of halogens is 1. The molecule has 1 heterocycles. The Balaban J connectivity index is 2.80. The second-order valence-electron chi connectivity index (χ2n) is 4.16. The first-order valence-electron chi connectivity index (χ1n) is 5.73. The van der Waals surface area contributed by atoms with Gasteiger partial charge in [-0.15, -0.1) is 0 Å². The van der Waals surface area contributed by atoms with E-state index in [1.807, 2.05) is 20.8 Å². The Kier molecular flexibility index (Phi) is 5.22. The number of carbonyl (C=O) groups excluding carboxylic acids is 1. The molecule has 0 aliphatic heterocycles. The fourth-order valence-corrected chi connectivity index (χ4v) is 1.45. The Hall–Kier alpha value is -1.29. The molecule has 0 aromatic carbocycles. The summed E-state index contributed by atoms with van der Waals surface area (Å²) in [4.78, 5) is 16.0. The van der Waals surface area contributed by atoms with Gasteiger partial charge in [-0.25, -0.2) is 4.98 Å². The SMILES string of the molecule is CCNc1ccc(Cl)c(C(=O)NCC(C)C)n1. The predicted octanol–water partition coefficient (Wildman–Crippen LogP) is 2.55. The molecule has 0 bridgehead atoms. The van der Waals surface area contributed by atoms with E-state index in [1.54, 1.807) is 12.1 Å². The summed E-state index contributed by atoms with van der Waals surface area (Å²) in [5, 5.41) is 6.21. The van der Waals surface area contributed by atoms with Gasteiger partial charge < -0.3 is 10.6 Å². The first kappa shape index (κ1) is 13.8. The smallest absolute Gasteiger partial charge is 0.271 e. The molecule has 94 valence electrons. The predicted molar refractivity (Wildman–Crippen MR) is 70.6 cm³/mol. The lowest BCUT2D eigenvalue weighted by Crippen LogP contribution is -2.28. The fraction of sp³-hybridized carbons (Fsp3) is 0.500. The van der Waals surface area contributed by atoms with Gasteiger partial charge in [0.1, 0.15) is 11.5 Å². The number of nitrogens with zero attached hydrogens (tertiary/aromatic N) is 1. The van der Waals surface area contributed by atoms with Crippen LogP contribution in [0.25, 0.3) is 0 Å². The quantitative estimate of drug-likeness (QED) is 0.850. The molecule has 0 unspecified atom stereocenters. The van der Waals surface area contributed by atoms with E-state index in [1.165, 1.54) is 0 Å². The van der Waals surface area contributed by atoms with Crippen LogP contribution >= 0.6 is 11.6 Å². The molecule has 4 nitrogen and oxygen atoms in total. The number of amides is 1. The second kappa shape index (κ2) is 6.45. The van der Waals surface area contributed by atoms with Crippen LogP contribution in [0.4, 0.5) is 5.82 Å². The normalized spacial score (nSPS) is 10.4. The molecular formula is C12H18ClN3O.